The van der Waals surface area contributed by atoms with E-state index in [1.807, 2.05) is 0 Å². The van der Waals surface area contributed by atoms with Crippen LogP contribution < -0.4 is 11.1 Å². The van der Waals surface area contributed by atoms with Gasteiger partial charge in [0.1, 0.15) is 0 Å². The number of benzene rings is 1. The number of nitrogens with one attached hydrogen (secondary N) is 1. The van der Waals surface area contributed by atoms with Crippen LogP contribution in [0.1, 0.15) is 48.0 Å². The van der Waals surface area contributed by atoms with Gasteiger partial charge in [-0.1, -0.05) is 25.3 Å². The van der Waals surface area contributed by atoms with Gasteiger partial charge >= 0.3 is 5.97 Å². The number of carbonyl (C=O) groups excluding carboxylic acids is 1. The molecule has 2 unspecified atom stereocenters. The Kier molecular flexibility index (Phi) is 4.96. The molecule has 21 heavy (non-hydrogen) atoms. The van der Waals surface area contributed by atoms with E-state index in [4.69, 9.17) is 10.8 Å². The van der Waals surface area contributed by atoms with Gasteiger partial charge in [0.25, 0.3) is 0 Å². The second kappa shape index (κ2) is 6.72. The Bertz CT molecular complexity index is 542. The fourth-order valence-electron chi connectivity index (χ4n) is 2.83. The minimum Gasteiger partial charge on any atom is -0.478 e. The first kappa shape index (κ1) is 15.5. The van der Waals surface area contributed by atoms with Crippen molar-refractivity contribution in [2.75, 3.05) is 5.32 Å². The van der Waals surface area contributed by atoms with Gasteiger partial charge in [-0.25, -0.2) is 4.79 Å². The highest BCUT2D eigenvalue weighted by molar-refractivity contribution is 5.96. The van der Waals surface area contributed by atoms with E-state index in [1.165, 1.54) is 6.07 Å². The van der Waals surface area contributed by atoms with E-state index in [-0.39, 0.29) is 23.4 Å². The first-order valence-electron chi connectivity index (χ1n) is 7.39. The summed E-state index contributed by atoms with van der Waals surface area (Å²) in [6.07, 6.45) is 4.86. The molecule has 0 bridgehead atoms. The Morgan fingerprint density at radius 1 is 1.24 bits per heavy atom. The highest BCUT2D eigenvalue weighted by Gasteiger charge is 2.27. The Labute approximate surface area is 124 Å². The van der Waals surface area contributed by atoms with Gasteiger partial charge in [-0.2, -0.15) is 0 Å². The average molecular weight is 290 g/mol. The Balaban J connectivity index is 2.11. The van der Waals surface area contributed by atoms with Gasteiger partial charge in [-0.05, 0) is 37.5 Å². The van der Waals surface area contributed by atoms with E-state index < -0.39 is 5.97 Å². The van der Waals surface area contributed by atoms with Crippen LogP contribution in [0.25, 0.3) is 0 Å². The summed E-state index contributed by atoms with van der Waals surface area (Å²) in [7, 11) is 0. The Morgan fingerprint density at radius 2 is 1.95 bits per heavy atom. The van der Waals surface area contributed by atoms with Gasteiger partial charge in [0, 0.05) is 11.7 Å². The van der Waals surface area contributed by atoms with Gasteiger partial charge in [0.15, 0.2) is 0 Å². The van der Waals surface area contributed by atoms with Crippen molar-refractivity contribution in [3.8, 4) is 0 Å². The first-order chi connectivity index (χ1) is 9.99. The number of hydrogen-bond acceptors (Lipinski definition) is 3. The van der Waals surface area contributed by atoms with E-state index in [0.29, 0.717) is 11.3 Å². The van der Waals surface area contributed by atoms with Crippen LogP contribution in [0.15, 0.2) is 18.2 Å². The molecule has 4 N–H and O–H groups in total. The predicted molar refractivity (Wildman–Crippen MR) is 81.3 cm³/mol. The highest BCUT2D eigenvalue weighted by atomic mass is 16.4. The van der Waals surface area contributed by atoms with E-state index >= 15 is 0 Å². The molecule has 0 heterocycles. The number of carboxylic acids is 1. The zero-order valence-corrected chi connectivity index (χ0v) is 12.3. The monoisotopic (exact) mass is 290 g/mol. The zero-order chi connectivity index (χ0) is 15.4. The largest absolute Gasteiger partial charge is 0.478 e. The fourth-order valence-corrected chi connectivity index (χ4v) is 2.83. The number of aromatic carboxylic acids is 1. The average Bonchev–Trinajstić information content (AvgIpc) is 2.65. The lowest BCUT2D eigenvalue weighted by atomic mass is 9.94. The topological polar surface area (TPSA) is 92.4 Å². The van der Waals surface area contributed by atoms with Crippen molar-refractivity contribution in [3.63, 3.8) is 0 Å². The summed E-state index contributed by atoms with van der Waals surface area (Å²) in [5.41, 5.74) is 7.47. The van der Waals surface area contributed by atoms with Crippen molar-refractivity contribution in [2.24, 2.45) is 11.7 Å². The number of hydrogen-bond donors (Lipinski definition) is 3. The summed E-state index contributed by atoms with van der Waals surface area (Å²) in [5, 5.41) is 11.9. The molecular weight excluding hydrogens is 268 g/mol. The molecule has 5 heteroatoms. The minimum atomic E-state index is -0.991. The SMILES string of the molecule is Cc1ccc(NC(=O)C2CCCCCC2N)cc1C(=O)O. The summed E-state index contributed by atoms with van der Waals surface area (Å²) in [6, 6.07) is 4.81. The van der Waals surface area contributed by atoms with E-state index in [1.54, 1.807) is 19.1 Å². The third-order valence-corrected chi connectivity index (χ3v) is 4.14. The number of nitrogens with two attached hydrogens (primary N) is 1. The second-order valence-corrected chi connectivity index (χ2v) is 5.73. The molecule has 1 aromatic carbocycles. The molecule has 1 saturated carbocycles. The van der Waals surface area contributed by atoms with Crippen LogP contribution in [0.3, 0.4) is 0 Å². The van der Waals surface area contributed by atoms with Crippen LogP contribution in [0.2, 0.25) is 0 Å². The van der Waals surface area contributed by atoms with E-state index in [2.05, 4.69) is 5.32 Å². The smallest absolute Gasteiger partial charge is 0.336 e. The first-order valence-corrected chi connectivity index (χ1v) is 7.39. The minimum absolute atomic E-state index is 0.107. The number of amides is 1. The van der Waals surface area contributed by atoms with Crippen molar-refractivity contribution >= 4 is 17.6 Å². The molecule has 0 aromatic heterocycles. The van der Waals surface area contributed by atoms with E-state index in [0.717, 1.165) is 32.1 Å². The van der Waals surface area contributed by atoms with Crippen LogP contribution in [0.5, 0.6) is 0 Å². The van der Waals surface area contributed by atoms with Gasteiger partial charge < -0.3 is 16.2 Å². The summed E-state index contributed by atoms with van der Waals surface area (Å²) < 4.78 is 0. The second-order valence-electron chi connectivity index (χ2n) is 5.73. The van der Waals surface area contributed by atoms with Crippen LogP contribution in [0.4, 0.5) is 5.69 Å². The molecule has 5 nitrogen and oxygen atoms in total. The third-order valence-electron chi connectivity index (χ3n) is 4.14. The highest BCUT2D eigenvalue weighted by Crippen LogP contribution is 2.24. The maximum atomic E-state index is 12.4. The molecule has 114 valence electrons. The number of rotatable bonds is 3. The summed E-state index contributed by atoms with van der Waals surface area (Å²) in [6.45, 7) is 1.73. The van der Waals surface area contributed by atoms with Crippen molar-refractivity contribution in [1.29, 1.82) is 0 Å². The molecule has 0 aliphatic heterocycles. The number of anilines is 1. The lowest BCUT2D eigenvalue weighted by molar-refractivity contribution is -0.120. The molecule has 0 saturated heterocycles. The van der Waals surface area contributed by atoms with Crippen molar-refractivity contribution < 1.29 is 14.7 Å². The quantitative estimate of drug-likeness (QED) is 0.746. The van der Waals surface area contributed by atoms with Crippen LogP contribution in [0, 0.1) is 12.8 Å². The molecule has 1 aliphatic rings. The maximum Gasteiger partial charge on any atom is 0.336 e. The van der Waals surface area contributed by atoms with Crippen LogP contribution in [-0.4, -0.2) is 23.0 Å². The predicted octanol–water partition coefficient (Wildman–Crippen LogP) is 2.54. The molecule has 2 atom stereocenters. The van der Waals surface area contributed by atoms with Gasteiger partial charge in [0.2, 0.25) is 5.91 Å². The molecule has 2 rings (SSSR count). The summed E-state index contributed by atoms with van der Waals surface area (Å²) in [4.78, 5) is 23.5. The zero-order valence-electron chi connectivity index (χ0n) is 12.3. The fraction of sp³-hybridized carbons (Fsp3) is 0.500. The maximum absolute atomic E-state index is 12.4. The van der Waals surface area contributed by atoms with E-state index in [9.17, 15) is 9.59 Å². The molecular formula is C16H22N2O3. The number of carboxylic acid groups (broad SMARTS) is 1. The van der Waals surface area contributed by atoms with Crippen LogP contribution >= 0.6 is 0 Å². The molecule has 0 radical (unpaired) electrons. The molecule has 0 spiro atoms. The lowest BCUT2D eigenvalue weighted by Crippen LogP contribution is -2.37. The Hall–Kier alpha value is -1.88. The third kappa shape index (κ3) is 3.82. The molecule has 1 fully saturated rings. The van der Waals surface area contributed by atoms with Crippen molar-refractivity contribution in [3.05, 3.63) is 29.3 Å². The normalized spacial score (nSPS) is 22.4. The van der Waals surface area contributed by atoms with Crippen LogP contribution in [-0.2, 0) is 4.79 Å². The lowest BCUT2D eigenvalue weighted by Gasteiger charge is -2.20. The Morgan fingerprint density at radius 3 is 2.67 bits per heavy atom. The van der Waals surface area contributed by atoms with Gasteiger partial charge in [0.05, 0.1) is 11.5 Å². The van der Waals surface area contributed by atoms with Gasteiger partial charge in [-0.3, -0.25) is 4.79 Å². The molecule has 1 aromatic rings. The van der Waals surface area contributed by atoms with Gasteiger partial charge in [-0.15, -0.1) is 0 Å². The number of carbonyl (C=O) groups is 2. The number of aryl methyl sites for hydroxylation is 1. The summed E-state index contributed by atoms with van der Waals surface area (Å²) in [5.74, 6) is -1.29. The molecule has 1 aliphatic carbocycles. The summed E-state index contributed by atoms with van der Waals surface area (Å²) >= 11 is 0. The standard InChI is InChI=1S/C16H22N2O3/c1-10-7-8-11(9-13(10)16(20)21)18-15(19)12-5-3-2-4-6-14(12)17/h7-9,12,14H,2-6,17H2,1H3,(H,18,19)(H,20,21). The van der Waals surface area contributed by atoms with Crippen molar-refractivity contribution in [2.45, 2.75) is 45.1 Å². The van der Waals surface area contributed by atoms with Crippen molar-refractivity contribution in [1.82, 2.24) is 0 Å². The molecule has 1 amide bonds.